The van der Waals surface area contributed by atoms with Crippen molar-refractivity contribution in [1.82, 2.24) is 5.32 Å². The SMILES string of the molecule is C=CCNC(=O)c1cc(Cl)c(N)cc1OC. The molecule has 0 fully saturated rings. The Labute approximate surface area is 99.0 Å². The standard InChI is InChI=1S/C11H13ClN2O2/c1-3-4-14-11(15)7-5-8(12)9(13)6-10(7)16-2/h3,5-6H,1,4,13H2,2H3,(H,14,15). The Morgan fingerprint density at radius 1 is 1.69 bits per heavy atom. The number of nitrogens with one attached hydrogen (secondary N) is 1. The third-order valence-corrected chi connectivity index (χ3v) is 2.30. The van der Waals surface area contributed by atoms with Gasteiger partial charge in [-0.25, -0.2) is 0 Å². The molecule has 1 aromatic rings. The van der Waals surface area contributed by atoms with Gasteiger partial charge in [0.1, 0.15) is 5.75 Å². The number of carbonyl (C=O) groups is 1. The summed E-state index contributed by atoms with van der Waals surface area (Å²) < 4.78 is 5.06. The summed E-state index contributed by atoms with van der Waals surface area (Å²) in [5.41, 5.74) is 6.33. The van der Waals surface area contributed by atoms with Crippen molar-refractivity contribution in [2.75, 3.05) is 19.4 Å². The van der Waals surface area contributed by atoms with Gasteiger partial charge in [0.25, 0.3) is 5.91 Å². The molecule has 1 amide bonds. The van der Waals surface area contributed by atoms with Crippen LogP contribution in [0.4, 0.5) is 5.69 Å². The first-order valence-electron chi connectivity index (χ1n) is 4.62. The monoisotopic (exact) mass is 240 g/mol. The lowest BCUT2D eigenvalue weighted by Gasteiger charge is -2.10. The van der Waals surface area contributed by atoms with E-state index in [9.17, 15) is 4.79 Å². The van der Waals surface area contributed by atoms with Crippen LogP contribution >= 0.6 is 11.6 Å². The predicted molar refractivity (Wildman–Crippen MR) is 64.9 cm³/mol. The third kappa shape index (κ3) is 2.67. The molecule has 0 aliphatic rings. The van der Waals surface area contributed by atoms with Gasteiger partial charge in [-0.2, -0.15) is 0 Å². The van der Waals surface area contributed by atoms with Gasteiger partial charge in [0.15, 0.2) is 0 Å². The Kier molecular flexibility index (Phi) is 4.19. The molecule has 3 N–H and O–H groups in total. The number of carbonyl (C=O) groups excluding carboxylic acids is 1. The van der Waals surface area contributed by atoms with E-state index in [4.69, 9.17) is 22.1 Å². The van der Waals surface area contributed by atoms with Crippen LogP contribution in [0.1, 0.15) is 10.4 Å². The number of amides is 1. The van der Waals surface area contributed by atoms with Crippen molar-refractivity contribution in [2.45, 2.75) is 0 Å². The molecule has 0 saturated carbocycles. The maximum Gasteiger partial charge on any atom is 0.255 e. The summed E-state index contributed by atoms with van der Waals surface area (Å²) in [6.45, 7) is 3.89. The van der Waals surface area contributed by atoms with Crippen LogP contribution in [0.3, 0.4) is 0 Å². The molecule has 0 unspecified atom stereocenters. The normalized spacial score (nSPS) is 9.62. The van der Waals surface area contributed by atoms with Gasteiger partial charge in [-0.3, -0.25) is 4.79 Å². The molecule has 1 aromatic carbocycles. The van der Waals surface area contributed by atoms with E-state index in [0.29, 0.717) is 28.6 Å². The molecule has 0 spiro atoms. The third-order valence-electron chi connectivity index (χ3n) is 1.97. The number of rotatable bonds is 4. The fourth-order valence-corrected chi connectivity index (χ4v) is 1.34. The van der Waals surface area contributed by atoms with Crippen molar-refractivity contribution in [3.63, 3.8) is 0 Å². The molecule has 0 aliphatic heterocycles. The lowest BCUT2D eigenvalue weighted by Crippen LogP contribution is -2.23. The molecular formula is C11H13ClN2O2. The summed E-state index contributed by atoms with van der Waals surface area (Å²) in [7, 11) is 1.47. The minimum Gasteiger partial charge on any atom is -0.496 e. The van der Waals surface area contributed by atoms with E-state index in [2.05, 4.69) is 11.9 Å². The van der Waals surface area contributed by atoms with E-state index in [1.165, 1.54) is 19.2 Å². The summed E-state index contributed by atoms with van der Waals surface area (Å²) in [5, 5.41) is 2.96. The summed E-state index contributed by atoms with van der Waals surface area (Å²) in [6, 6.07) is 3.00. The van der Waals surface area contributed by atoms with Crippen LogP contribution in [0.2, 0.25) is 5.02 Å². The zero-order valence-corrected chi connectivity index (χ0v) is 9.67. The Hall–Kier alpha value is -1.68. The van der Waals surface area contributed by atoms with E-state index < -0.39 is 0 Å². The highest BCUT2D eigenvalue weighted by Crippen LogP contribution is 2.28. The van der Waals surface area contributed by atoms with Crippen molar-refractivity contribution in [3.05, 3.63) is 35.4 Å². The van der Waals surface area contributed by atoms with E-state index in [1.807, 2.05) is 0 Å². The molecule has 1 rings (SSSR count). The highest BCUT2D eigenvalue weighted by atomic mass is 35.5. The first-order valence-corrected chi connectivity index (χ1v) is 5.00. The Bertz CT molecular complexity index is 419. The largest absolute Gasteiger partial charge is 0.496 e. The molecule has 0 radical (unpaired) electrons. The minimum atomic E-state index is -0.279. The fraction of sp³-hybridized carbons (Fsp3) is 0.182. The molecule has 0 saturated heterocycles. The quantitative estimate of drug-likeness (QED) is 0.624. The van der Waals surface area contributed by atoms with Gasteiger partial charge in [-0.05, 0) is 6.07 Å². The highest BCUT2D eigenvalue weighted by molar-refractivity contribution is 6.33. The van der Waals surface area contributed by atoms with Gasteiger partial charge in [-0.15, -0.1) is 6.58 Å². The minimum absolute atomic E-state index is 0.279. The molecule has 0 atom stereocenters. The molecule has 0 aromatic heterocycles. The number of methoxy groups -OCH3 is 1. The maximum absolute atomic E-state index is 11.7. The Morgan fingerprint density at radius 3 is 2.94 bits per heavy atom. The topological polar surface area (TPSA) is 64.4 Å². The summed E-state index contributed by atoms with van der Waals surface area (Å²) in [6.07, 6.45) is 1.59. The second-order valence-corrected chi connectivity index (χ2v) is 3.48. The number of halogens is 1. The summed E-state index contributed by atoms with van der Waals surface area (Å²) >= 11 is 5.84. The van der Waals surface area contributed by atoms with E-state index >= 15 is 0 Å². The van der Waals surface area contributed by atoms with Gasteiger partial charge in [-0.1, -0.05) is 17.7 Å². The molecule has 0 bridgehead atoms. The predicted octanol–water partition coefficient (Wildman–Crippen LogP) is 1.85. The smallest absolute Gasteiger partial charge is 0.255 e. The van der Waals surface area contributed by atoms with Crippen LogP contribution in [-0.4, -0.2) is 19.6 Å². The van der Waals surface area contributed by atoms with Crippen molar-refractivity contribution in [3.8, 4) is 5.75 Å². The number of hydrogen-bond donors (Lipinski definition) is 2. The van der Waals surface area contributed by atoms with Gasteiger partial charge in [0, 0.05) is 12.6 Å². The highest BCUT2D eigenvalue weighted by Gasteiger charge is 2.13. The maximum atomic E-state index is 11.7. The van der Waals surface area contributed by atoms with Crippen LogP contribution in [-0.2, 0) is 0 Å². The first-order chi connectivity index (χ1) is 7.60. The molecule has 0 aliphatic carbocycles. The van der Waals surface area contributed by atoms with Gasteiger partial charge in [0.2, 0.25) is 0 Å². The molecule has 16 heavy (non-hydrogen) atoms. The van der Waals surface area contributed by atoms with Crippen molar-refractivity contribution < 1.29 is 9.53 Å². The Balaban J connectivity index is 3.06. The molecule has 4 nitrogen and oxygen atoms in total. The van der Waals surface area contributed by atoms with Crippen LogP contribution in [0, 0.1) is 0 Å². The lowest BCUT2D eigenvalue weighted by atomic mass is 10.1. The number of ether oxygens (including phenoxy) is 1. The first kappa shape index (κ1) is 12.4. The van der Waals surface area contributed by atoms with Crippen LogP contribution in [0.5, 0.6) is 5.75 Å². The van der Waals surface area contributed by atoms with E-state index in [0.717, 1.165) is 0 Å². The number of anilines is 1. The zero-order valence-electron chi connectivity index (χ0n) is 8.92. The van der Waals surface area contributed by atoms with Crippen molar-refractivity contribution >= 4 is 23.2 Å². The van der Waals surface area contributed by atoms with Gasteiger partial charge < -0.3 is 15.8 Å². The van der Waals surface area contributed by atoms with Crippen LogP contribution in [0.15, 0.2) is 24.8 Å². The molecule has 86 valence electrons. The number of hydrogen-bond acceptors (Lipinski definition) is 3. The lowest BCUT2D eigenvalue weighted by molar-refractivity contribution is 0.0955. The molecule has 0 heterocycles. The van der Waals surface area contributed by atoms with Crippen molar-refractivity contribution in [1.29, 1.82) is 0 Å². The number of nitrogens with two attached hydrogens (primary N) is 1. The molecule has 5 heteroatoms. The fourth-order valence-electron chi connectivity index (χ4n) is 1.18. The summed E-state index contributed by atoms with van der Waals surface area (Å²) in [5.74, 6) is 0.113. The number of nitrogen functional groups attached to an aromatic ring is 1. The van der Waals surface area contributed by atoms with E-state index in [1.54, 1.807) is 6.08 Å². The van der Waals surface area contributed by atoms with Crippen LogP contribution in [0.25, 0.3) is 0 Å². The molecular weight excluding hydrogens is 228 g/mol. The van der Waals surface area contributed by atoms with E-state index in [-0.39, 0.29) is 5.91 Å². The van der Waals surface area contributed by atoms with Gasteiger partial charge >= 0.3 is 0 Å². The van der Waals surface area contributed by atoms with Crippen LogP contribution < -0.4 is 15.8 Å². The Morgan fingerprint density at radius 2 is 2.38 bits per heavy atom. The van der Waals surface area contributed by atoms with Crippen molar-refractivity contribution in [2.24, 2.45) is 0 Å². The average molecular weight is 241 g/mol. The second kappa shape index (κ2) is 5.42. The van der Waals surface area contributed by atoms with Gasteiger partial charge in [0.05, 0.1) is 23.4 Å². The number of benzene rings is 1. The average Bonchev–Trinajstić information content (AvgIpc) is 2.28. The summed E-state index contributed by atoms with van der Waals surface area (Å²) in [4.78, 5) is 11.7. The second-order valence-electron chi connectivity index (χ2n) is 3.07. The zero-order chi connectivity index (χ0) is 12.1.